The largest absolute Gasteiger partial charge is 0.508 e. The molecule has 5 aromatic rings. The number of nitrogens with one attached hydrogen (secondary N) is 3. The van der Waals surface area contributed by atoms with Gasteiger partial charge in [0.05, 0.1) is 10.0 Å². The average Bonchev–Trinajstić information content (AvgIpc) is 3.22. The molecule has 21 heteroatoms. The molecule has 6 atom stereocenters. The number of aliphatic carboxylic acids is 2. The summed E-state index contributed by atoms with van der Waals surface area (Å²) in [6.45, 7) is 0. The van der Waals surface area contributed by atoms with E-state index < -0.39 is 94.5 Å². The minimum Gasteiger partial charge on any atom is -0.508 e. The van der Waals surface area contributed by atoms with Gasteiger partial charge < -0.3 is 72.6 Å². The fraction of sp³-hybridized carbons (Fsp3) is 0.167. The van der Waals surface area contributed by atoms with Crippen LogP contribution in [0.15, 0.2) is 78.9 Å². The Bertz CT molecular complexity index is 2730. The molecule has 0 radical (unpaired) electrons. The second kappa shape index (κ2) is 17.2. The summed E-state index contributed by atoms with van der Waals surface area (Å²) in [4.78, 5) is 66.7. The van der Waals surface area contributed by atoms with E-state index in [0.29, 0.717) is 5.56 Å². The summed E-state index contributed by atoms with van der Waals surface area (Å²) in [5.74, 6) is -9.92. The number of rotatable bonds is 6. The van der Waals surface area contributed by atoms with Gasteiger partial charge in [-0.1, -0.05) is 41.4 Å². The predicted octanol–water partition coefficient (Wildman–Crippen LogP) is 3.67. The molecular weight excluding hydrogens is 869 g/mol. The van der Waals surface area contributed by atoms with Crippen LogP contribution in [0.25, 0.3) is 11.1 Å². The van der Waals surface area contributed by atoms with E-state index in [1.165, 1.54) is 48.5 Å². The Morgan fingerprint density at radius 3 is 2.16 bits per heavy atom. The molecular formula is C42H35Cl2N5O14. The number of fused-ring (bicyclic) bond motifs is 8. The van der Waals surface area contributed by atoms with Crippen LogP contribution < -0.4 is 36.9 Å². The van der Waals surface area contributed by atoms with Gasteiger partial charge in [0.2, 0.25) is 23.5 Å². The van der Waals surface area contributed by atoms with E-state index in [0.717, 1.165) is 30.3 Å². The number of nitrogens with two attached hydrogens (primary N) is 2. The van der Waals surface area contributed by atoms with Crippen molar-refractivity contribution in [3.05, 3.63) is 117 Å². The van der Waals surface area contributed by atoms with Crippen molar-refractivity contribution in [2.75, 3.05) is 0 Å². The molecule has 8 bridgehead atoms. The number of hydrogen-bond acceptors (Lipinski definition) is 14. The highest BCUT2D eigenvalue weighted by atomic mass is 35.5. The lowest BCUT2D eigenvalue weighted by molar-refractivity contribution is -0.143. The summed E-state index contributed by atoms with van der Waals surface area (Å²) < 4.78 is 11.9. The van der Waals surface area contributed by atoms with Crippen LogP contribution in [0.2, 0.25) is 10.0 Å². The van der Waals surface area contributed by atoms with E-state index in [2.05, 4.69) is 16.0 Å². The molecule has 8 rings (SSSR count). The predicted molar refractivity (Wildman–Crippen MR) is 221 cm³/mol. The van der Waals surface area contributed by atoms with Gasteiger partial charge in [-0.3, -0.25) is 19.2 Å². The minimum atomic E-state index is -2.07. The van der Waals surface area contributed by atoms with E-state index >= 15 is 0 Å². The Balaban J connectivity index is 1.39. The molecule has 3 amide bonds. The molecule has 14 N–H and O–H groups in total. The van der Waals surface area contributed by atoms with Gasteiger partial charge >= 0.3 is 11.9 Å². The number of aromatic hydroxyl groups is 4. The number of carboxylic acid groups (broad SMARTS) is 2. The number of carbonyl (C=O) groups excluding carboxylic acids is 3. The summed E-state index contributed by atoms with van der Waals surface area (Å²) in [7, 11) is 0. The summed E-state index contributed by atoms with van der Waals surface area (Å²) in [6, 6.07) is 6.66. The topological polar surface area (TPSA) is 334 Å². The number of carbonyl (C=O) groups is 5. The maximum atomic E-state index is 14.4. The molecule has 0 aromatic heterocycles. The maximum absolute atomic E-state index is 14.4. The number of phenolic OH excluding ortho intramolecular Hbond substituents is 4. The fourth-order valence-electron chi connectivity index (χ4n) is 7.05. The Kier molecular flexibility index (Phi) is 12.0. The number of halogens is 2. The van der Waals surface area contributed by atoms with Crippen molar-refractivity contribution in [2.45, 2.75) is 42.7 Å². The van der Waals surface area contributed by atoms with Gasteiger partial charge in [0.15, 0.2) is 17.5 Å². The van der Waals surface area contributed by atoms with Crippen molar-refractivity contribution in [3.8, 4) is 57.1 Å². The molecule has 3 aliphatic heterocycles. The molecule has 0 saturated heterocycles. The summed E-state index contributed by atoms with van der Waals surface area (Å²) in [5, 5.41) is 82.2. The SMILES string of the molecule is N[C@H](Cc1ccc(Oc2cc3cc(c2O)Oc2ccc(cc2Cl)[C@@H](O)[C@@H]2NC(=O)[C@H](NC(=O)[C@@H]3N)c3ccc(O)c(c3)-c3c(O)cc(O)cc3[C@@H](C(=O)O)NC2=O)c(Cl)c1)C(=O)O. The van der Waals surface area contributed by atoms with E-state index in [-0.39, 0.29) is 67.3 Å². The van der Waals surface area contributed by atoms with Crippen molar-refractivity contribution >= 4 is 52.9 Å². The zero-order chi connectivity index (χ0) is 45.6. The number of ether oxygens (including phenoxy) is 2. The second-order valence-electron chi connectivity index (χ2n) is 14.5. The van der Waals surface area contributed by atoms with E-state index in [4.69, 9.17) is 44.1 Å². The van der Waals surface area contributed by atoms with Crippen LogP contribution in [-0.2, 0) is 30.4 Å². The molecule has 0 spiro atoms. The number of aliphatic hydroxyl groups excluding tert-OH is 1. The van der Waals surface area contributed by atoms with E-state index in [1.54, 1.807) is 0 Å². The van der Waals surface area contributed by atoms with Crippen molar-refractivity contribution in [1.29, 1.82) is 0 Å². The lowest BCUT2D eigenvalue weighted by atomic mass is 9.89. The molecule has 3 aliphatic rings. The highest BCUT2D eigenvalue weighted by molar-refractivity contribution is 6.32. The quantitative estimate of drug-likeness (QED) is 0.116. The minimum absolute atomic E-state index is 0.0222. The smallest absolute Gasteiger partial charge is 0.330 e. The van der Waals surface area contributed by atoms with Crippen molar-refractivity contribution in [3.63, 3.8) is 0 Å². The van der Waals surface area contributed by atoms with Crippen LogP contribution in [0.3, 0.4) is 0 Å². The Morgan fingerprint density at radius 2 is 1.48 bits per heavy atom. The van der Waals surface area contributed by atoms with Gasteiger partial charge in [-0.05, 0) is 83.3 Å². The first-order chi connectivity index (χ1) is 29.8. The van der Waals surface area contributed by atoms with Crippen LogP contribution in [0.1, 0.15) is 52.0 Å². The second-order valence-corrected chi connectivity index (χ2v) is 15.3. The summed E-state index contributed by atoms with van der Waals surface area (Å²) in [6.07, 6.45) is -2.07. The van der Waals surface area contributed by atoms with Gasteiger partial charge in [-0.25, -0.2) is 4.79 Å². The number of phenols is 4. The van der Waals surface area contributed by atoms with Crippen LogP contribution in [0.5, 0.6) is 46.0 Å². The van der Waals surface area contributed by atoms with Crippen molar-refractivity contribution < 1.29 is 69.2 Å². The Morgan fingerprint density at radius 1 is 0.746 bits per heavy atom. The highest BCUT2D eigenvalue weighted by Gasteiger charge is 2.39. The van der Waals surface area contributed by atoms with Crippen LogP contribution in [-0.4, -0.2) is 77.5 Å². The van der Waals surface area contributed by atoms with Crippen LogP contribution in [0, 0.1) is 0 Å². The number of amides is 3. The monoisotopic (exact) mass is 903 g/mol. The average molecular weight is 905 g/mol. The zero-order valence-corrected chi connectivity index (χ0v) is 33.6. The fourth-order valence-corrected chi connectivity index (χ4v) is 7.52. The van der Waals surface area contributed by atoms with Crippen LogP contribution in [0.4, 0.5) is 0 Å². The molecule has 326 valence electrons. The van der Waals surface area contributed by atoms with Crippen LogP contribution >= 0.6 is 23.2 Å². The molecule has 5 aromatic carbocycles. The first kappa shape index (κ1) is 43.8. The van der Waals surface area contributed by atoms with Crippen molar-refractivity contribution in [2.24, 2.45) is 11.5 Å². The number of aliphatic hydroxyl groups is 1. The highest BCUT2D eigenvalue weighted by Crippen LogP contribution is 2.47. The molecule has 0 unspecified atom stereocenters. The van der Waals surface area contributed by atoms with Gasteiger partial charge in [0.1, 0.15) is 59.0 Å². The van der Waals surface area contributed by atoms with E-state index in [9.17, 15) is 59.7 Å². The Labute approximate surface area is 365 Å². The van der Waals surface area contributed by atoms with Gasteiger partial charge in [0.25, 0.3) is 0 Å². The van der Waals surface area contributed by atoms with E-state index in [1.807, 2.05) is 0 Å². The first-order valence-electron chi connectivity index (χ1n) is 18.6. The molecule has 0 fully saturated rings. The Hall–Kier alpha value is -7.29. The number of carboxylic acids is 2. The summed E-state index contributed by atoms with van der Waals surface area (Å²) >= 11 is 13.1. The maximum Gasteiger partial charge on any atom is 0.330 e. The number of hydrogen-bond donors (Lipinski definition) is 12. The molecule has 3 heterocycles. The zero-order valence-electron chi connectivity index (χ0n) is 32.1. The lowest BCUT2D eigenvalue weighted by Crippen LogP contribution is -2.54. The summed E-state index contributed by atoms with van der Waals surface area (Å²) in [5.41, 5.74) is 11.2. The molecule has 0 aliphatic carbocycles. The third kappa shape index (κ3) is 8.76. The first-order valence-corrected chi connectivity index (χ1v) is 19.3. The van der Waals surface area contributed by atoms with Gasteiger partial charge in [-0.15, -0.1) is 0 Å². The van der Waals surface area contributed by atoms with Gasteiger partial charge in [0, 0.05) is 22.8 Å². The number of benzene rings is 5. The molecule has 19 nitrogen and oxygen atoms in total. The lowest BCUT2D eigenvalue weighted by Gasteiger charge is -2.30. The molecule has 63 heavy (non-hydrogen) atoms. The normalized spacial score (nSPS) is 20.1. The third-order valence-corrected chi connectivity index (χ3v) is 10.8. The standard InChI is InChI=1S/C42H35Cl2N5O14/c43-22-7-15(8-24(45)41(58)59)1-5-27(22)62-29-11-18-12-30(37(29)54)63-28-6-3-17(10-23(28)44)36(53)35-40(57)48-34(42(60)61)21-13-19(50)14-26(52)31(21)20-9-16(2-4-25(20)51)33(39(56)49-35)47-38(55)32(18)46/h1-7,9-14,24,32-36,50-54H,8,45-46H2,(H,47,55)(H,48,57)(H,49,56)(H,58,59)(H,60,61)/t24-,32-,33-,34+,35+,36-/m1/s1. The third-order valence-electron chi connectivity index (χ3n) is 10.3. The molecule has 0 saturated carbocycles. The van der Waals surface area contributed by atoms with Crippen molar-refractivity contribution in [1.82, 2.24) is 16.0 Å². The van der Waals surface area contributed by atoms with Gasteiger partial charge in [-0.2, -0.15) is 0 Å².